The van der Waals surface area contributed by atoms with Gasteiger partial charge in [-0.15, -0.1) is 0 Å². The topological polar surface area (TPSA) is 55.6 Å². The second-order valence-corrected chi connectivity index (χ2v) is 4.96. The second-order valence-electron chi connectivity index (χ2n) is 4.96. The van der Waals surface area contributed by atoms with Crippen LogP contribution in [-0.2, 0) is 9.53 Å². The molecule has 2 N–H and O–H groups in total. The van der Waals surface area contributed by atoms with E-state index < -0.39 is 5.54 Å². The van der Waals surface area contributed by atoms with E-state index in [0.717, 1.165) is 19.3 Å². The van der Waals surface area contributed by atoms with E-state index in [1.165, 1.54) is 0 Å². The molecule has 0 aromatic rings. The van der Waals surface area contributed by atoms with E-state index >= 15 is 0 Å². The molecule has 1 heterocycles. The molecule has 1 amide bonds. The van der Waals surface area contributed by atoms with Gasteiger partial charge in [0.05, 0.1) is 24.3 Å². The minimum atomic E-state index is -0.564. The van der Waals surface area contributed by atoms with Crippen molar-refractivity contribution < 1.29 is 9.53 Å². The summed E-state index contributed by atoms with van der Waals surface area (Å²) in [4.78, 5) is 14.1. The number of carbonyl (C=O) groups is 1. The quantitative estimate of drug-likeness (QED) is 0.688. The van der Waals surface area contributed by atoms with Gasteiger partial charge in [0.25, 0.3) is 0 Å². The Morgan fingerprint density at radius 1 is 1.47 bits per heavy atom. The van der Waals surface area contributed by atoms with Crippen LogP contribution in [0.2, 0.25) is 0 Å². The number of rotatable bonds is 1. The molecule has 1 aliphatic heterocycles. The zero-order chi connectivity index (χ0) is 11.1. The first-order valence-corrected chi connectivity index (χ1v) is 5.74. The summed E-state index contributed by atoms with van der Waals surface area (Å²) in [6.07, 6.45) is 2.89. The molecule has 0 radical (unpaired) electrons. The van der Waals surface area contributed by atoms with Crippen molar-refractivity contribution in [1.29, 1.82) is 0 Å². The van der Waals surface area contributed by atoms with Gasteiger partial charge in [-0.3, -0.25) is 4.79 Å². The average Bonchev–Trinajstić information content (AvgIpc) is 2.17. The summed E-state index contributed by atoms with van der Waals surface area (Å²) < 4.78 is 5.50. The fraction of sp³-hybridized carbons (Fsp3) is 0.909. The molecule has 0 bridgehead atoms. The van der Waals surface area contributed by atoms with Crippen LogP contribution in [0.1, 0.15) is 33.1 Å². The summed E-state index contributed by atoms with van der Waals surface area (Å²) in [5, 5.41) is 0. The van der Waals surface area contributed by atoms with Gasteiger partial charge in [0.15, 0.2) is 0 Å². The van der Waals surface area contributed by atoms with Crippen molar-refractivity contribution in [2.24, 2.45) is 5.73 Å². The van der Waals surface area contributed by atoms with E-state index in [1.807, 2.05) is 18.7 Å². The van der Waals surface area contributed by atoms with Crippen molar-refractivity contribution in [3.05, 3.63) is 0 Å². The highest BCUT2D eigenvalue weighted by Gasteiger charge is 2.44. The zero-order valence-electron chi connectivity index (χ0n) is 9.53. The Labute approximate surface area is 90.8 Å². The third kappa shape index (κ3) is 1.88. The molecule has 2 unspecified atom stereocenters. The van der Waals surface area contributed by atoms with Gasteiger partial charge in [0.2, 0.25) is 5.91 Å². The van der Waals surface area contributed by atoms with Crippen LogP contribution in [-0.4, -0.2) is 41.6 Å². The lowest BCUT2D eigenvalue weighted by Crippen LogP contribution is -2.63. The molecular weight excluding hydrogens is 192 g/mol. The van der Waals surface area contributed by atoms with Crippen LogP contribution in [0.3, 0.4) is 0 Å². The molecule has 2 rings (SSSR count). The Morgan fingerprint density at radius 2 is 2.13 bits per heavy atom. The molecule has 0 aromatic carbocycles. The maximum absolute atomic E-state index is 12.2. The fourth-order valence-corrected chi connectivity index (χ4v) is 2.24. The summed E-state index contributed by atoms with van der Waals surface area (Å²) in [5.41, 5.74) is 5.49. The number of hydrogen-bond donors (Lipinski definition) is 1. The first-order valence-electron chi connectivity index (χ1n) is 5.74. The lowest BCUT2D eigenvalue weighted by atomic mass is 9.76. The number of ether oxygens (including phenoxy) is 1. The van der Waals surface area contributed by atoms with Gasteiger partial charge in [0.1, 0.15) is 0 Å². The standard InChI is InChI=1S/C11H20N2O2/c1-8-7-15-9(2)6-13(8)10(14)11(12)4-3-5-11/h8-9H,3-7,12H2,1-2H3. The minimum Gasteiger partial charge on any atom is -0.375 e. The highest BCUT2D eigenvalue weighted by atomic mass is 16.5. The van der Waals surface area contributed by atoms with Crippen LogP contribution < -0.4 is 5.73 Å². The highest BCUT2D eigenvalue weighted by molar-refractivity contribution is 5.87. The van der Waals surface area contributed by atoms with Crippen LogP contribution in [0.5, 0.6) is 0 Å². The van der Waals surface area contributed by atoms with Gasteiger partial charge in [-0.25, -0.2) is 0 Å². The average molecular weight is 212 g/mol. The SMILES string of the molecule is CC1CN(C(=O)C2(N)CCC2)C(C)CO1. The van der Waals surface area contributed by atoms with Crippen LogP contribution in [0.25, 0.3) is 0 Å². The number of nitrogens with two attached hydrogens (primary N) is 1. The Morgan fingerprint density at radius 3 is 2.67 bits per heavy atom. The summed E-state index contributed by atoms with van der Waals surface area (Å²) >= 11 is 0. The van der Waals surface area contributed by atoms with Gasteiger partial charge in [-0.05, 0) is 33.1 Å². The van der Waals surface area contributed by atoms with Gasteiger partial charge in [0, 0.05) is 6.54 Å². The Bertz CT molecular complexity index is 263. The van der Waals surface area contributed by atoms with Gasteiger partial charge >= 0.3 is 0 Å². The summed E-state index contributed by atoms with van der Waals surface area (Å²) in [6.45, 7) is 5.32. The van der Waals surface area contributed by atoms with Crippen molar-refractivity contribution in [2.45, 2.75) is 50.8 Å². The van der Waals surface area contributed by atoms with E-state index in [9.17, 15) is 4.79 Å². The third-order valence-electron chi connectivity index (χ3n) is 3.54. The van der Waals surface area contributed by atoms with Crippen LogP contribution >= 0.6 is 0 Å². The molecule has 15 heavy (non-hydrogen) atoms. The fourth-order valence-electron chi connectivity index (χ4n) is 2.24. The molecule has 0 spiro atoms. The molecule has 4 heteroatoms. The Hall–Kier alpha value is -0.610. The van der Waals surface area contributed by atoms with E-state index in [-0.39, 0.29) is 18.1 Å². The van der Waals surface area contributed by atoms with Crippen LogP contribution in [0.4, 0.5) is 0 Å². The molecular formula is C11H20N2O2. The second kappa shape index (κ2) is 3.76. The number of carbonyl (C=O) groups excluding carboxylic acids is 1. The van der Waals surface area contributed by atoms with E-state index in [1.54, 1.807) is 0 Å². The largest absolute Gasteiger partial charge is 0.375 e. The van der Waals surface area contributed by atoms with Crippen LogP contribution in [0.15, 0.2) is 0 Å². The summed E-state index contributed by atoms with van der Waals surface area (Å²) in [6, 6.07) is 0.162. The van der Waals surface area contributed by atoms with Crippen LogP contribution in [0, 0.1) is 0 Å². The first kappa shape index (κ1) is 10.9. The van der Waals surface area contributed by atoms with Gasteiger partial charge in [-0.1, -0.05) is 0 Å². The van der Waals surface area contributed by atoms with Crippen molar-refractivity contribution >= 4 is 5.91 Å². The number of amides is 1. The van der Waals surface area contributed by atoms with Crippen molar-refractivity contribution in [3.8, 4) is 0 Å². The molecule has 86 valence electrons. The first-order chi connectivity index (χ1) is 7.03. The maximum Gasteiger partial charge on any atom is 0.243 e. The zero-order valence-corrected chi connectivity index (χ0v) is 9.53. The monoisotopic (exact) mass is 212 g/mol. The predicted octanol–water partition coefficient (Wildman–Crippen LogP) is 0.504. The Balaban J connectivity index is 2.04. The predicted molar refractivity (Wildman–Crippen MR) is 57.4 cm³/mol. The summed E-state index contributed by atoms with van der Waals surface area (Å²) in [5.74, 6) is 0.122. The summed E-state index contributed by atoms with van der Waals surface area (Å²) in [7, 11) is 0. The third-order valence-corrected chi connectivity index (χ3v) is 3.54. The molecule has 2 atom stereocenters. The van der Waals surface area contributed by atoms with Crippen molar-refractivity contribution in [3.63, 3.8) is 0 Å². The highest BCUT2D eigenvalue weighted by Crippen LogP contribution is 2.32. The molecule has 1 saturated heterocycles. The Kier molecular flexibility index (Phi) is 2.73. The number of nitrogens with zero attached hydrogens (tertiary/aromatic N) is 1. The molecule has 2 aliphatic rings. The van der Waals surface area contributed by atoms with Crippen molar-refractivity contribution in [1.82, 2.24) is 4.90 Å². The lowest BCUT2D eigenvalue weighted by molar-refractivity contribution is -0.152. The molecule has 2 fully saturated rings. The normalized spacial score (nSPS) is 34.7. The maximum atomic E-state index is 12.2. The molecule has 4 nitrogen and oxygen atoms in total. The number of hydrogen-bond acceptors (Lipinski definition) is 3. The lowest BCUT2D eigenvalue weighted by Gasteiger charge is -2.45. The van der Waals surface area contributed by atoms with Gasteiger partial charge in [-0.2, -0.15) is 0 Å². The molecule has 0 aromatic heterocycles. The van der Waals surface area contributed by atoms with Crippen molar-refractivity contribution in [2.75, 3.05) is 13.2 Å². The smallest absolute Gasteiger partial charge is 0.243 e. The van der Waals surface area contributed by atoms with E-state index in [4.69, 9.17) is 10.5 Å². The molecule has 1 saturated carbocycles. The van der Waals surface area contributed by atoms with E-state index in [2.05, 4.69) is 0 Å². The number of morpholine rings is 1. The van der Waals surface area contributed by atoms with Gasteiger partial charge < -0.3 is 15.4 Å². The van der Waals surface area contributed by atoms with E-state index in [0.29, 0.717) is 13.2 Å². The minimum absolute atomic E-state index is 0.122. The molecule has 1 aliphatic carbocycles.